The fourth-order valence-electron chi connectivity index (χ4n) is 2.58. The van der Waals surface area contributed by atoms with Crippen LogP contribution in [0.2, 0.25) is 0 Å². The van der Waals surface area contributed by atoms with Crippen molar-refractivity contribution in [1.29, 1.82) is 0 Å². The third-order valence-electron chi connectivity index (χ3n) is 3.98. The van der Waals surface area contributed by atoms with Crippen LogP contribution in [0.25, 0.3) is 6.08 Å². The molecular weight excluding hydrogens is 348 g/mol. The van der Waals surface area contributed by atoms with Crippen molar-refractivity contribution in [2.45, 2.75) is 30.7 Å². The van der Waals surface area contributed by atoms with Crippen LogP contribution in [0.3, 0.4) is 0 Å². The van der Waals surface area contributed by atoms with Crippen LogP contribution >= 0.6 is 0 Å². The van der Waals surface area contributed by atoms with Crippen molar-refractivity contribution >= 4 is 6.08 Å². The Morgan fingerprint density at radius 3 is 2.12 bits per heavy atom. The quantitative estimate of drug-likeness (QED) is 0.403. The summed E-state index contributed by atoms with van der Waals surface area (Å²) in [4.78, 5) is 0. The van der Waals surface area contributed by atoms with Gasteiger partial charge in [-0.1, -0.05) is 12.2 Å². The molecule has 0 amide bonds. The van der Waals surface area contributed by atoms with Gasteiger partial charge < -0.3 is 44.5 Å². The van der Waals surface area contributed by atoms with E-state index in [0.29, 0.717) is 5.56 Å². The van der Waals surface area contributed by atoms with Gasteiger partial charge in [-0.3, -0.25) is 0 Å². The largest absolute Gasteiger partial charge is 0.493 e. The first-order valence-corrected chi connectivity index (χ1v) is 7.97. The monoisotopic (exact) mass is 372 g/mol. The first-order valence-electron chi connectivity index (χ1n) is 7.97. The molecule has 146 valence electrons. The predicted molar refractivity (Wildman–Crippen MR) is 90.1 cm³/mol. The number of aliphatic hydroxyl groups excluding tert-OH is 5. The molecule has 1 aliphatic rings. The summed E-state index contributed by atoms with van der Waals surface area (Å²) in [6.07, 6.45) is -3.88. The highest BCUT2D eigenvalue weighted by molar-refractivity contribution is 5.62. The number of hydrogen-bond acceptors (Lipinski definition) is 9. The SMILES string of the molecule is COc1cc(/C=C/CO)cc(OC)c1O[C@@H]1OC(CO)[C@@H](O)[C@@H](O)C1O. The summed E-state index contributed by atoms with van der Waals surface area (Å²) in [6, 6.07) is 3.24. The van der Waals surface area contributed by atoms with E-state index in [1.54, 1.807) is 18.2 Å². The lowest BCUT2D eigenvalue weighted by molar-refractivity contribution is -0.277. The zero-order valence-electron chi connectivity index (χ0n) is 14.5. The van der Waals surface area contributed by atoms with Gasteiger partial charge in [0.05, 0.1) is 27.4 Å². The Hall–Kier alpha value is -1.88. The molecule has 0 aromatic heterocycles. The van der Waals surface area contributed by atoms with E-state index < -0.39 is 37.3 Å². The van der Waals surface area contributed by atoms with Crippen molar-refractivity contribution < 1.29 is 44.5 Å². The third-order valence-corrected chi connectivity index (χ3v) is 3.98. The second-order valence-corrected chi connectivity index (χ2v) is 5.65. The van der Waals surface area contributed by atoms with Crippen LogP contribution in [-0.2, 0) is 4.74 Å². The van der Waals surface area contributed by atoms with Crippen LogP contribution in [-0.4, -0.2) is 83.7 Å². The van der Waals surface area contributed by atoms with Gasteiger partial charge in [-0.2, -0.15) is 0 Å². The molecule has 1 fully saturated rings. The molecule has 0 spiro atoms. The summed E-state index contributed by atoms with van der Waals surface area (Å²) in [5.74, 6) is 0.637. The molecule has 1 aromatic carbocycles. The molecule has 9 heteroatoms. The number of rotatable bonds is 7. The Morgan fingerprint density at radius 1 is 1.00 bits per heavy atom. The molecular formula is C17H24O9. The average Bonchev–Trinajstić information content (AvgIpc) is 2.66. The molecule has 9 nitrogen and oxygen atoms in total. The van der Waals surface area contributed by atoms with Crippen molar-refractivity contribution in [1.82, 2.24) is 0 Å². The van der Waals surface area contributed by atoms with Gasteiger partial charge in [0.2, 0.25) is 12.0 Å². The van der Waals surface area contributed by atoms with Crippen LogP contribution in [0, 0.1) is 0 Å². The second-order valence-electron chi connectivity index (χ2n) is 5.65. The minimum Gasteiger partial charge on any atom is -0.493 e. The number of hydrogen-bond donors (Lipinski definition) is 5. The van der Waals surface area contributed by atoms with Gasteiger partial charge in [0.25, 0.3) is 0 Å². The standard InChI is InChI=1S/C17H24O9/c1-23-10-6-9(4-3-5-18)7-11(24-2)16(10)26-17-15(22)14(21)13(20)12(8-19)25-17/h3-4,6-7,12-15,17-22H,5,8H2,1-2H3/b4-3+/t12?,13-,14-,15?,17+/m1/s1. The molecule has 1 aliphatic heterocycles. The highest BCUT2D eigenvalue weighted by atomic mass is 16.7. The molecule has 1 saturated heterocycles. The maximum absolute atomic E-state index is 10.1. The molecule has 0 radical (unpaired) electrons. The van der Waals surface area contributed by atoms with Crippen molar-refractivity contribution in [2.24, 2.45) is 0 Å². The Kier molecular flexibility index (Phi) is 7.21. The van der Waals surface area contributed by atoms with Gasteiger partial charge in [-0.05, 0) is 17.7 Å². The van der Waals surface area contributed by atoms with Gasteiger partial charge >= 0.3 is 0 Å². The lowest BCUT2D eigenvalue weighted by Crippen LogP contribution is -2.60. The summed E-state index contributed by atoms with van der Waals surface area (Å²) < 4.78 is 21.6. The summed E-state index contributed by atoms with van der Waals surface area (Å²) in [5, 5.41) is 48.0. The summed E-state index contributed by atoms with van der Waals surface area (Å²) in [6.45, 7) is -0.697. The Morgan fingerprint density at radius 2 is 1.62 bits per heavy atom. The third kappa shape index (κ3) is 4.26. The molecule has 1 heterocycles. The van der Waals surface area contributed by atoms with E-state index in [0.717, 1.165) is 0 Å². The number of benzene rings is 1. The van der Waals surface area contributed by atoms with Crippen LogP contribution < -0.4 is 14.2 Å². The highest BCUT2D eigenvalue weighted by Gasteiger charge is 2.45. The van der Waals surface area contributed by atoms with Gasteiger partial charge in [0.1, 0.15) is 24.4 Å². The summed E-state index contributed by atoms with van der Waals surface area (Å²) in [5.41, 5.74) is 0.675. The van der Waals surface area contributed by atoms with E-state index >= 15 is 0 Å². The van der Waals surface area contributed by atoms with Crippen molar-refractivity contribution in [3.05, 3.63) is 23.8 Å². The van der Waals surface area contributed by atoms with Gasteiger partial charge in [-0.25, -0.2) is 0 Å². The zero-order chi connectivity index (χ0) is 19.3. The maximum atomic E-state index is 10.1. The van der Waals surface area contributed by atoms with Gasteiger partial charge in [0, 0.05) is 0 Å². The average molecular weight is 372 g/mol. The van der Waals surface area contributed by atoms with E-state index in [-0.39, 0.29) is 23.9 Å². The second kappa shape index (κ2) is 9.17. The molecule has 5 atom stereocenters. The molecule has 0 saturated carbocycles. The van der Waals surface area contributed by atoms with Crippen molar-refractivity contribution in [3.8, 4) is 17.2 Å². The first-order chi connectivity index (χ1) is 12.5. The van der Waals surface area contributed by atoms with E-state index in [1.165, 1.54) is 20.3 Å². The zero-order valence-corrected chi connectivity index (χ0v) is 14.5. The summed E-state index contributed by atoms with van der Waals surface area (Å²) >= 11 is 0. The number of methoxy groups -OCH3 is 2. The molecule has 1 aromatic rings. The lowest BCUT2D eigenvalue weighted by Gasteiger charge is -2.39. The smallest absolute Gasteiger partial charge is 0.229 e. The molecule has 0 aliphatic carbocycles. The van der Waals surface area contributed by atoms with E-state index in [1.807, 2.05) is 0 Å². The predicted octanol–water partition coefficient (Wildman–Crippen LogP) is -1.11. The van der Waals surface area contributed by atoms with Crippen LogP contribution in [0.5, 0.6) is 17.2 Å². The topological polar surface area (TPSA) is 138 Å². The van der Waals surface area contributed by atoms with Crippen molar-refractivity contribution in [2.75, 3.05) is 27.4 Å². The van der Waals surface area contributed by atoms with Gasteiger partial charge in [0.15, 0.2) is 11.5 Å². The Labute approximate surface area is 150 Å². The molecule has 0 bridgehead atoms. The number of ether oxygens (including phenoxy) is 4. The first kappa shape index (κ1) is 20.4. The van der Waals surface area contributed by atoms with E-state index in [4.69, 9.17) is 24.1 Å². The highest BCUT2D eigenvalue weighted by Crippen LogP contribution is 2.40. The Bertz CT molecular complexity index is 591. The molecule has 26 heavy (non-hydrogen) atoms. The molecule has 2 unspecified atom stereocenters. The fraction of sp³-hybridized carbons (Fsp3) is 0.529. The maximum Gasteiger partial charge on any atom is 0.229 e. The Balaban J connectivity index is 2.33. The van der Waals surface area contributed by atoms with Crippen LogP contribution in [0.4, 0.5) is 0 Å². The van der Waals surface area contributed by atoms with Gasteiger partial charge in [-0.15, -0.1) is 0 Å². The molecule has 2 rings (SSSR count). The fourth-order valence-corrected chi connectivity index (χ4v) is 2.58. The minimum absolute atomic E-state index is 0.112. The molecule has 5 N–H and O–H groups in total. The van der Waals surface area contributed by atoms with Crippen LogP contribution in [0.15, 0.2) is 18.2 Å². The minimum atomic E-state index is -1.56. The van der Waals surface area contributed by atoms with Crippen molar-refractivity contribution in [3.63, 3.8) is 0 Å². The van der Waals surface area contributed by atoms with E-state index in [9.17, 15) is 20.4 Å². The normalized spacial score (nSPS) is 29.0. The van der Waals surface area contributed by atoms with E-state index in [2.05, 4.69) is 0 Å². The number of aliphatic hydroxyl groups is 5. The van der Waals surface area contributed by atoms with Crippen LogP contribution in [0.1, 0.15) is 5.56 Å². The summed E-state index contributed by atoms with van der Waals surface area (Å²) in [7, 11) is 2.82. The lowest BCUT2D eigenvalue weighted by atomic mass is 9.99.